The third kappa shape index (κ3) is 3.60. The smallest absolute Gasteiger partial charge is 0.254 e. The molecule has 0 aromatic carbocycles. The molecule has 1 fully saturated rings. The predicted molar refractivity (Wildman–Crippen MR) is 96.8 cm³/mol. The van der Waals surface area contributed by atoms with Crippen LogP contribution in [0.2, 0.25) is 0 Å². The van der Waals surface area contributed by atoms with Gasteiger partial charge in [0.2, 0.25) is 0 Å². The third-order valence-corrected chi connectivity index (χ3v) is 5.38. The maximum atomic E-state index is 12.8. The number of thiophene rings is 1. The number of aromatic nitrogens is 1. The molecule has 0 saturated carbocycles. The van der Waals surface area contributed by atoms with Crippen LogP contribution in [0.5, 0.6) is 0 Å². The minimum Gasteiger partial charge on any atom is -0.373 e. The second-order valence-electron chi connectivity index (χ2n) is 6.20. The quantitative estimate of drug-likeness (QED) is 0.921. The Labute approximate surface area is 146 Å². The SMILES string of the molecule is CNc1cccc([C@@H]2CN(C(=O)c3csc(C(C)C)c3)CCO2)n1. The number of carbonyl (C=O) groups is 1. The molecule has 0 unspecified atom stereocenters. The zero-order valence-corrected chi connectivity index (χ0v) is 15.1. The van der Waals surface area contributed by atoms with E-state index >= 15 is 0 Å². The maximum Gasteiger partial charge on any atom is 0.254 e. The molecule has 1 N–H and O–H groups in total. The number of amides is 1. The van der Waals surface area contributed by atoms with Gasteiger partial charge >= 0.3 is 0 Å². The molecular formula is C18H23N3O2S. The largest absolute Gasteiger partial charge is 0.373 e. The fourth-order valence-electron chi connectivity index (χ4n) is 2.73. The van der Waals surface area contributed by atoms with Gasteiger partial charge in [0.15, 0.2) is 0 Å². The zero-order valence-electron chi connectivity index (χ0n) is 14.3. The molecule has 3 heterocycles. The Morgan fingerprint density at radius 2 is 2.29 bits per heavy atom. The molecule has 0 aliphatic carbocycles. The van der Waals surface area contributed by atoms with E-state index in [0.717, 1.165) is 17.1 Å². The topological polar surface area (TPSA) is 54.5 Å². The van der Waals surface area contributed by atoms with Crippen LogP contribution in [0.25, 0.3) is 0 Å². The Morgan fingerprint density at radius 1 is 1.46 bits per heavy atom. The summed E-state index contributed by atoms with van der Waals surface area (Å²) in [7, 11) is 1.84. The summed E-state index contributed by atoms with van der Waals surface area (Å²) in [4.78, 5) is 20.4. The molecule has 5 nitrogen and oxygen atoms in total. The van der Waals surface area contributed by atoms with Crippen molar-refractivity contribution in [2.24, 2.45) is 0 Å². The highest BCUT2D eigenvalue weighted by Crippen LogP contribution is 2.26. The molecule has 24 heavy (non-hydrogen) atoms. The average Bonchev–Trinajstić information content (AvgIpc) is 3.11. The van der Waals surface area contributed by atoms with Gasteiger partial charge in [0.1, 0.15) is 11.9 Å². The molecule has 0 bridgehead atoms. The Hall–Kier alpha value is -1.92. The predicted octanol–water partition coefficient (Wildman–Crippen LogP) is 3.52. The summed E-state index contributed by atoms with van der Waals surface area (Å²) in [6.45, 7) is 5.97. The minimum absolute atomic E-state index is 0.0798. The van der Waals surface area contributed by atoms with E-state index in [1.807, 2.05) is 41.6 Å². The van der Waals surface area contributed by atoms with Gasteiger partial charge in [-0.05, 0) is 24.1 Å². The van der Waals surface area contributed by atoms with E-state index in [4.69, 9.17) is 4.74 Å². The summed E-state index contributed by atoms with van der Waals surface area (Å²) in [5, 5.41) is 4.99. The Bertz CT molecular complexity index is 714. The van der Waals surface area contributed by atoms with Gasteiger partial charge in [-0.15, -0.1) is 11.3 Å². The Kier molecular flexibility index (Phi) is 5.16. The third-order valence-electron chi connectivity index (χ3n) is 4.15. The number of morpholine rings is 1. The molecule has 6 heteroatoms. The minimum atomic E-state index is -0.181. The van der Waals surface area contributed by atoms with E-state index in [2.05, 4.69) is 24.1 Å². The van der Waals surface area contributed by atoms with Crippen LogP contribution >= 0.6 is 11.3 Å². The maximum absolute atomic E-state index is 12.8. The standard InChI is InChI=1S/C18H23N3O2S/c1-12(2)16-9-13(11-24-16)18(22)21-7-8-23-15(10-21)14-5-4-6-17(19-3)20-14/h4-6,9,11-12,15H,7-8,10H2,1-3H3,(H,19,20)/t15-/m0/s1. The normalized spacial score (nSPS) is 18.0. The van der Waals surface area contributed by atoms with Crippen LogP contribution in [0, 0.1) is 0 Å². The van der Waals surface area contributed by atoms with E-state index in [-0.39, 0.29) is 12.0 Å². The molecule has 1 aliphatic heterocycles. The van der Waals surface area contributed by atoms with Crippen LogP contribution in [0.1, 0.15) is 46.8 Å². The average molecular weight is 345 g/mol. The highest BCUT2D eigenvalue weighted by atomic mass is 32.1. The number of anilines is 1. The molecule has 2 aromatic rings. The summed E-state index contributed by atoms with van der Waals surface area (Å²) in [6.07, 6.45) is -0.181. The van der Waals surface area contributed by atoms with E-state index in [9.17, 15) is 4.79 Å². The lowest BCUT2D eigenvalue weighted by Crippen LogP contribution is -2.42. The first-order valence-corrected chi connectivity index (χ1v) is 9.10. The Balaban J connectivity index is 1.73. The van der Waals surface area contributed by atoms with Crippen molar-refractivity contribution in [2.75, 3.05) is 32.1 Å². The van der Waals surface area contributed by atoms with E-state index in [1.165, 1.54) is 4.88 Å². The van der Waals surface area contributed by atoms with Crippen LogP contribution in [-0.4, -0.2) is 42.5 Å². The van der Waals surface area contributed by atoms with Gasteiger partial charge in [0.25, 0.3) is 5.91 Å². The van der Waals surface area contributed by atoms with Gasteiger partial charge < -0.3 is 15.0 Å². The number of nitrogens with one attached hydrogen (secondary N) is 1. The molecule has 3 rings (SSSR count). The van der Waals surface area contributed by atoms with Gasteiger partial charge in [-0.25, -0.2) is 4.98 Å². The van der Waals surface area contributed by atoms with Crippen molar-refractivity contribution in [2.45, 2.75) is 25.9 Å². The van der Waals surface area contributed by atoms with Gasteiger partial charge in [0, 0.05) is 23.8 Å². The van der Waals surface area contributed by atoms with Crippen molar-refractivity contribution >= 4 is 23.1 Å². The van der Waals surface area contributed by atoms with E-state index in [1.54, 1.807) is 11.3 Å². The number of hydrogen-bond donors (Lipinski definition) is 1. The van der Waals surface area contributed by atoms with Gasteiger partial charge in [-0.3, -0.25) is 4.79 Å². The second-order valence-corrected chi connectivity index (χ2v) is 7.14. The lowest BCUT2D eigenvalue weighted by atomic mass is 10.1. The lowest BCUT2D eigenvalue weighted by molar-refractivity contribution is -0.0246. The molecule has 0 radical (unpaired) electrons. The van der Waals surface area contributed by atoms with Crippen LogP contribution in [0.15, 0.2) is 29.6 Å². The van der Waals surface area contributed by atoms with Crippen molar-refractivity contribution in [3.63, 3.8) is 0 Å². The fraction of sp³-hybridized carbons (Fsp3) is 0.444. The van der Waals surface area contributed by atoms with Gasteiger partial charge in [0.05, 0.1) is 24.4 Å². The number of ether oxygens (including phenoxy) is 1. The summed E-state index contributed by atoms with van der Waals surface area (Å²) in [5.74, 6) is 1.33. The number of pyridine rings is 1. The van der Waals surface area contributed by atoms with Crippen molar-refractivity contribution in [3.8, 4) is 0 Å². The molecule has 1 amide bonds. The first-order valence-electron chi connectivity index (χ1n) is 8.22. The van der Waals surface area contributed by atoms with E-state index in [0.29, 0.717) is 25.6 Å². The molecule has 1 saturated heterocycles. The van der Waals surface area contributed by atoms with Crippen molar-refractivity contribution in [3.05, 3.63) is 45.8 Å². The van der Waals surface area contributed by atoms with Crippen LogP contribution in [-0.2, 0) is 4.74 Å². The summed E-state index contributed by atoms with van der Waals surface area (Å²) < 4.78 is 5.84. The number of nitrogens with zero attached hydrogens (tertiary/aromatic N) is 2. The number of hydrogen-bond acceptors (Lipinski definition) is 5. The summed E-state index contributed by atoms with van der Waals surface area (Å²) in [5.41, 5.74) is 1.63. The highest BCUT2D eigenvalue weighted by molar-refractivity contribution is 7.10. The first kappa shape index (κ1) is 16.9. The van der Waals surface area contributed by atoms with Crippen molar-refractivity contribution in [1.29, 1.82) is 0 Å². The van der Waals surface area contributed by atoms with Crippen LogP contribution < -0.4 is 5.32 Å². The monoisotopic (exact) mass is 345 g/mol. The molecule has 128 valence electrons. The number of carbonyl (C=O) groups excluding carboxylic acids is 1. The summed E-state index contributed by atoms with van der Waals surface area (Å²) >= 11 is 1.65. The van der Waals surface area contributed by atoms with Crippen LogP contribution in [0.4, 0.5) is 5.82 Å². The number of rotatable bonds is 4. The van der Waals surface area contributed by atoms with Gasteiger partial charge in [-0.2, -0.15) is 0 Å². The molecule has 2 aromatic heterocycles. The van der Waals surface area contributed by atoms with Crippen molar-refractivity contribution < 1.29 is 9.53 Å². The highest BCUT2D eigenvalue weighted by Gasteiger charge is 2.27. The lowest BCUT2D eigenvalue weighted by Gasteiger charge is -2.32. The molecule has 1 aliphatic rings. The Morgan fingerprint density at radius 3 is 3.00 bits per heavy atom. The van der Waals surface area contributed by atoms with Crippen LogP contribution in [0.3, 0.4) is 0 Å². The molecule has 1 atom stereocenters. The summed E-state index contributed by atoms with van der Waals surface area (Å²) in [6, 6.07) is 7.82. The second kappa shape index (κ2) is 7.32. The van der Waals surface area contributed by atoms with Crippen molar-refractivity contribution in [1.82, 2.24) is 9.88 Å². The fourth-order valence-corrected chi connectivity index (χ4v) is 3.63. The zero-order chi connectivity index (χ0) is 17.1. The van der Waals surface area contributed by atoms with E-state index < -0.39 is 0 Å². The molecular weight excluding hydrogens is 322 g/mol. The first-order chi connectivity index (χ1) is 11.6. The molecule has 0 spiro atoms. The van der Waals surface area contributed by atoms with Gasteiger partial charge in [-0.1, -0.05) is 19.9 Å².